The average molecular weight is 425 g/mol. The van der Waals surface area contributed by atoms with Gasteiger partial charge < -0.3 is 5.11 Å². The van der Waals surface area contributed by atoms with Crippen LogP contribution >= 0.6 is 11.6 Å². The molecule has 1 fully saturated rings. The van der Waals surface area contributed by atoms with E-state index in [4.69, 9.17) is 11.6 Å². The van der Waals surface area contributed by atoms with Gasteiger partial charge in [-0.2, -0.15) is 0 Å². The third-order valence-corrected chi connectivity index (χ3v) is 5.57. The summed E-state index contributed by atoms with van der Waals surface area (Å²) in [7, 11) is 0. The number of fused-ring (bicyclic) bond motifs is 2. The first-order valence-electron chi connectivity index (χ1n) is 9.25. The number of hydrogen-bond acceptors (Lipinski definition) is 4. The molecule has 8 heteroatoms. The number of halogens is 1. The third-order valence-electron chi connectivity index (χ3n) is 5.34. The molecule has 0 aromatic heterocycles. The molecule has 2 aliphatic rings. The van der Waals surface area contributed by atoms with Crippen LogP contribution in [0.15, 0.2) is 54.6 Å². The lowest BCUT2D eigenvalue weighted by Crippen LogP contribution is -2.47. The first kappa shape index (κ1) is 19.8. The van der Waals surface area contributed by atoms with Crippen molar-refractivity contribution >= 4 is 47.1 Å². The number of benzene rings is 2. The Labute approximate surface area is 177 Å². The third kappa shape index (κ3) is 3.07. The molecule has 30 heavy (non-hydrogen) atoms. The van der Waals surface area contributed by atoms with Crippen molar-refractivity contribution in [3.05, 3.63) is 70.8 Å². The molecule has 152 valence electrons. The molecule has 2 aliphatic heterocycles. The standard InChI is InChI=1S/C22H17ClN2O5/c23-15-8-9-17-16(11-15)22(21(30)25(17)13-19(27)28)12-18(26)24(20(22)29)10-4-7-14-5-2-1-3-6-14/h1-9,11H,10,12-13H2,(H,27,28). The Morgan fingerprint density at radius 1 is 1.07 bits per heavy atom. The fourth-order valence-corrected chi connectivity index (χ4v) is 4.17. The van der Waals surface area contributed by atoms with E-state index in [0.717, 1.165) is 15.4 Å². The molecule has 1 N–H and O–H groups in total. The molecule has 0 radical (unpaired) electrons. The lowest BCUT2D eigenvalue weighted by Gasteiger charge is -2.21. The zero-order valence-corrected chi connectivity index (χ0v) is 16.5. The molecule has 0 bridgehead atoms. The molecule has 3 amide bonds. The molecule has 1 saturated heterocycles. The molecule has 4 rings (SSSR count). The molecular formula is C22H17ClN2O5. The number of likely N-dealkylation sites (tertiary alicyclic amines) is 1. The molecule has 2 aromatic carbocycles. The largest absolute Gasteiger partial charge is 0.480 e. The van der Waals surface area contributed by atoms with Crippen LogP contribution in [0.1, 0.15) is 17.5 Å². The van der Waals surface area contributed by atoms with Gasteiger partial charge in [-0.3, -0.25) is 29.0 Å². The van der Waals surface area contributed by atoms with Crippen LogP contribution in [-0.4, -0.2) is 46.8 Å². The summed E-state index contributed by atoms with van der Waals surface area (Å²) in [4.78, 5) is 52.6. The topological polar surface area (TPSA) is 95.0 Å². The van der Waals surface area contributed by atoms with E-state index >= 15 is 0 Å². The van der Waals surface area contributed by atoms with Crippen molar-refractivity contribution in [2.75, 3.05) is 18.0 Å². The molecule has 2 aromatic rings. The lowest BCUT2D eigenvalue weighted by atomic mass is 9.80. The highest BCUT2D eigenvalue weighted by atomic mass is 35.5. The van der Waals surface area contributed by atoms with Crippen LogP contribution in [0.5, 0.6) is 0 Å². The Morgan fingerprint density at radius 2 is 1.77 bits per heavy atom. The number of hydrogen-bond donors (Lipinski definition) is 1. The van der Waals surface area contributed by atoms with Crippen molar-refractivity contribution in [2.45, 2.75) is 11.8 Å². The highest BCUT2D eigenvalue weighted by Crippen LogP contribution is 2.49. The van der Waals surface area contributed by atoms with Gasteiger partial charge in [-0.05, 0) is 23.8 Å². The van der Waals surface area contributed by atoms with E-state index in [1.807, 2.05) is 30.3 Å². The number of carbonyl (C=O) groups excluding carboxylic acids is 3. The first-order valence-corrected chi connectivity index (χ1v) is 9.62. The van der Waals surface area contributed by atoms with Crippen molar-refractivity contribution in [1.29, 1.82) is 0 Å². The summed E-state index contributed by atoms with van der Waals surface area (Å²) in [5.74, 6) is -3.09. The number of nitrogens with zero attached hydrogens (tertiary/aromatic N) is 2. The van der Waals surface area contributed by atoms with E-state index in [1.54, 1.807) is 12.2 Å². The number of aliphatic carboxylic acids is 1. The Balaban J connectivity index is 1.68. The van der Waals surface area contributed by atoms with E-state index in [-0.39, 0.29) is 24.2 Å². The maximum atomic E-state index is 13.3. The summed E-state index contributed by atoms with van der Waals surface area (Å²) >= 11 is 6.09. The Kier molecular flexibility index (Phi) is 4.91. The van der Waals surface area contributed by atoms with Crippen LogP contribution < -0.4 is 4.90 Å². The number of amides is 3. The highest BCUT2D eigenvalue weighted by Gasteiger charge is 2.63. The number of imide groups is 1. The van der Waals surface area contributed by atoms with Gasteiger partial charge >= 0.3 is 5.97 Å². The van der Waals surface area contributed by atoms with E-state index in [1.165, 1.54) is 18.2 Å². The van der Waals surface area contributed by atoms with Crippen LogP contribution in [-0.2, 0) is 24.6 Å². The molecule has 7 nitrogen and oxygen atoms in total. The zero-order chi connectivity index (χ0) is 21.5. The normalized spacial score (nSPS) is 20.6. The van der Waals surface area contributed by atoms with Crippen molar-refractivity contribution in [3.8, 4) is 0 Å². The zero-order valence-electron chi connectivity index (χ0n) is 15.7. The maximum Gasteiger partial charge on any atom is 0.323 e. The van der Waals surface area contributed by atoms with Gasteiger partial charge in [0.15, 0.2) is 5.41 Å². The summed E-state index contributed by atoms with van der Waals surface area (Å²) in [5.41, 5.74) is -0.301. The first-order chi connectivity index (χ1) is 14.3. The average Bonchev–Trinajstić information content (AvgIpc) is 3.09. The summed E-state index contributed by atoms with van der Waals surface area (Å²) in [6.07, 6.45) is 3.11. The molecule has 1 spiro atoms. The smallest absolute Gasteiger partial charge is 0.323 e. The van der Waals surface area contributed by atoms with Crippen LogP contribution in [0.2, 0.25) is 5.02 Å². The summed E-state index contributed by atoms with van der Waals surface area (Å²) in [6, 6.07) is 13.9. The second-order valence-electron chi connectivity index (χ2n) is 7.15. The Morgan fingerprint density at radius 3 is 2.47 bits per heavy atom. The predicted octanol–water partition coefficient (Wildman–Crippen LogP) is 2.48. The van der Waals surface area contributed by atoms with Crippen molar-refractivity contribution in [2.24, 2.45) is 0 Å². The fraction of sp³-hybridized carbons (Fsp3) is 0.182. The van der Waals surface area contributed by atoms with Gasteiger partial charge in [-0.15, -0.1) is 0 Å². The number of carboxylic acids is 1. The molecule has 2 heterocycles. The maximum absolute atomic E-state index is 13.3. The molecule has 1 atom stereocenters. The number of rotatable bonds is 5. The molecule has 0 aliphatic carbocycles. The van der Waals surface area contributed by atoms with Crippen LogP contribution in [0, 0.1) is 0 Å². The van der Waals surface area contributed by atoms with Gasteiger partial charge in [0.2, 0.25) is 17.7 Å². The fourth-order valence-electron chi connectivity index (χ4n) is 3.99. The van der Waals surface area contributed by atoms with Crippen molar-refractivity contribution in [3.63, 3.8) is 0 Å². The van der Waals surface area contributed by atoms with E-state index in [0.29, 0.717) is 5.02 Å². The number of anilines is 1. The minimum Gasteiger partial charge on any atom is -0.480 e. The minimum atomic E-state index is -1.77. The SMILES string of the molecule is O=C(O)CN1C(=O)C2(CC(=O)N(CC=Cc3ccccc3)C2=O)c2cc(Cl)ccc21. The van der Waals surface area contributed by atoms with Gasteiger partial charge in [-0.25, -0.2) is 0 Å². The van der Waals surface area contributed by atoms with Crippen molar-refractivity contribution < 1.29 is 24.3 Å². The van der Waals surface area contributed by atoms with Gasteiger partial charge in [0.05, 0.1) is 6.42 Å². The summed E-state index contributed by atoms with van der Waals surface area (Å²) < 4.78 is 0. The number of carbonyl (C=O) groups is 4. The van der Waals surface area contributed by atoms with Gasteiger partial charge in [0, 0.05) is 22.8 Å². The lowest BCUT2D eigenvalue weighted by molar-refractivity contribution is -0.142. The van der Waals surface area contributed by atoms with E-state index < -0.39 is 35.7 Å². The monoisotopic (exact) mass is 424 g/mol. The highest BCUT2D eigenvalue weighted by molar-refractivity contribution is 6.32. The summed E-state index contributed by atoms with van der Waals surface area (Å²) in [6.45, 7) is -0.596. The number of carboxylic acid groups (broad SMARTS) is 1. The van der Waals surface area contributed by atoms with Crippen LogP contribution in [0.3, 0.4) is 0 Å². The van der Waals surface area contributed by atoms with Gasteiger partial charge in [-0.1, -0.05) is 54.1 Å². The van der Waals surface area contributed by atoms with Crippen molar-refractivity contribution in [1.82, 2.24) is 4.90 Å². The second-order valence-corrected chi connectivity index (χ2v) is 7.59. The van der Waals surface area contributed by atoms with Crippen LogP contribution in [0.4, 0.5) is 5.69 Å². The predicted molar refractivity (Wildman–Crippen MR) is 110 cm³/mol. The van der Waals surface area contributed by atoms with E-state index in [9.17, 15) is 24.3 Å². The van der Waals surface area contributed by atoms with Crippen LogP contribution in [0.25, 0.3) is 6.08 Å². The van der Waals surface area contributed by atoms with Gasteiger partial charge in [0.25, 0.3) is 0 Å². The summed E-state index contributed by atoms with van der Waals surface area (Å²) in [5, 5.41) is 9.50. The van der Waals surface area contributed by atoms with E-state index in [2.05, 4.69) is 0 Å². The second kappa shape index (κ2) is 7.42. The molecular weight excluding hydrogens is 408 g/mol. The Bertz CT molecular complexity index is 1100. The minimum absolute atomic E-state index is 0.0103. The molecule has 1 unspecified atom stereocenters. The van der Waals surface area contributed by atoms with Gasteiger partial charge in [0.1, 0.15) is 6.54 Å². The molecule has 0 saturated carbocycles. The Hall–Kier alpha value is -3.45. The quantitative estimate of drug-likeness (QED) is 0.587.